The first kappa shape index (κ1) is 11.1. The van der Waals surface area contributed by atoms with Crippen molar-refractivity contribution >= 4 is 5.97 Å². The maximum absolute atomic E-state index is 11.2. The summed E-state index contributed by atoms with van der Waals surface area (Å²) >= 11 is 0. The molecule has 1 aliphatic carbocycles. The lowest BCUT2D eigenvalue weighted by atomic mass is 9.88. The molecule has 0 saturated heterocycles. The number of ether oxygens (including phenoxy) is 1. The zero-order valence-corrected chi connectivity index (χ0v) is 9.40. The minimum atomic E-state index is -0.876. The van der Waals surface area contributed by atoms with Crippen molar-refractivity contribution in [3.63, 3.8) is 0 Å². The molecule has 2 rings (SSSR count). The van der Waals surface area contributed by atoms with Crippen LogP contribution in [-0.2, 0) is 10.3 Å². The van der Waals surface area contributed by atoms with Crippen LogP contribution in [-0.4, -0.2) is 18.2 Å². The van der Waals surface area contributed by atoms with E-state index < -0.39 is 5.97 Å². The molecule has 1 fully saturated rings. The average molecular weight is 220 g/mol. The van der Waals surface area contributed by atoms with Crippen LogP contribution in [0.25, 0.3) is 0 Å². The summed E-state index contributed by atoms with van der Waals surface area (Å²) in [5, 5.41) is 9.18. The zero-order chi connectivity index (χ0) is 11.6. The molecule has 1 aromatic carbocycles. The molecule has 0 amide bonds. The standard InChI is InChI=1S/C13H16O3/c1-16-13(8-4-5-9-13)11-7-3-2-6-10(11)12(14)15/h2-3,6-7H,4-5,8-9H2,1H3,(H,14,15). The molecule has 16 heavy (non-hydrogen) atoms. The first-order valence-electron chi connectivity index (χ1n) is 5.57. The quantitative estimate of drug-likeness (QED) is 0.852. The third-order valence-corrected chi connectivity index (χ3v) is 3.45. The Balaban J connectivity index is 2.49. The Morgan fingerprint density at radius 2 is 1.94 bits per heavy atom. The molecule has 1 saturated carbocycles. The van der Waals surface area contributed by atoms with Crippen molar-refractivity contribution in [1.29, 1.82) is 0 Å². The van der Waals surface area contributed by atoms with E-state index in [1.807, 2.05) is 12.1 Å². The summed E-state index contributed by atoms with van der Waals surface area (Å²) < 4.78 is 5.61. The molecule has 0 aromatic heterocycles. The van der Waals surface area contributed by atoms with Crippen LogP contribution in [0.2, 0.25) is 0 Å². The van der Waals surface area contributed by atoms with E-state index in [2.05, 4.69) is 0 Å². The van der Waals surface area contributed by atoms with Gasteiger partial charge in [-0.2, -0.15) is 0 Å². The van der Waals surface area contributed by atoms with Crippen LogP contribution in [0, 0.1) is 0 Å². The van der Waals surface area contributed by atoms with Crippen molar-refractivity contribution in [1.82, 2.24) is 0 Å². The van der Waals surface area contributed by atoms with Crippen molar-refractivity contribution in [2.75, 3.05) is 7.11 Å². The maximum Gasteiger partial charge on any atom is 0.336 e. The fourth-order valence-electron chi connectivity index (χ4n) is 2.60. The maximum atomic E-state index is 11.2. The van der Waals surface area contributed by atoms with Gasteiger partial charge in [0.25, 0.3) is 0 Å². The molecule has 0 bridgehead atoms. The van der Waals surface area contributed by atoms with Crippen LogP contribution in [0.5, 0.6) is 0 Å². The van der Waals surface area contributed by atoms with E-state index in [9.17, 15) is 9.90 Å². The molecule has 0 atom stereocenters. The van der Waals surface area contributed by atoms with E-state index in [1.165, 1.54) is 0 Å². The van der Waals surface area contributed by atoms with E-state index in [4.69, 9.17) is 4.74 Å². The number of hydrogen-bond donors (Lipinski definition) is 1. The lowest BCUT2D eigenvalue weighted by Gasteiger charge is -2.29. The van der Waals surface area contributed by atoms with Gasteiger partial charge in [0, 0.05) is 7.11 Å². The van der Waals surface area contributed by atoms with Gasteiger partial charge in [0.1, 0.15) is 0 Å². The van der Waals surface area contributed by atoms with Crippen molar-refractivity contribution in [3.8, 4) is 0 Å². The summed E-state index contributed by atoms with van der Waals surface area (Å²) in [4.78, 5) is 11.2. The van der Waals surface area contributed by atoms with E-state index in [1.54, 1.807) is 19.2 Å². The molecule has 0 radical (unpaired) electrons. The largest absolute Gasteiger partial charge is 0.478 e. The number of carboxylic acids is 1. The second-order valence-corrected chi connectivity index (χ2v) is 4.26. The number of methoxy groups -OCH3 is 1. The summed E-state index contributed by atoms with van der Waals surface area (Å²) in [5.41, 5.74) is 0.809. The second-order valence-electron chi connectivity index (χ2n) is 4.26. The topological polar surface area (TPSA) is 46.5 Å². The van der Waals surface area contributed by atoms with E-state index in [0.29, 0.717) is 5.56 Å². The smallest absolute Gasteiger partial charge is 0.336 e. The van der Waals surface area contributed by atoms with Crippen molar-refractivity contribution in [2.45, 2.75) is 31.3 Å². The van der Waals surface area contributed by atoms with Crippen LogP contribution in [0.15, 0.2) is 24.3 Å². The van der Waals surface area contributed by atoms with Gasteiger partial charge in [-0.05, 0) is 24.5 Å². The lowest BCUT2D eigenvalue weighted by molar-refractivity contribution is -0.00977. The van der Waals surface area contributed by atoms with E-state index in [0.717, 1.165) is 31.2 Å². The number of carboxylic acid groups (broad SMARTS) is 1. The number of rotatable bonds is 3. The van der Waals surface area contributed by atoms with Crippen molar-refractivity contribution in [2.24, 2.45) is 0 Å². The van der Waals surface area contributed by atoms with Crippen molar-refractivity contribution in [3.05, 3.63) is 35.4 Å². The SMILES string of the molecule is COC1(c2ccccc2C(=O)O)CCCC1. The molecule has 0 aliphatic heterocycles. The van der Waals surface area contributed by atoms with E-state index in [-0.39, 0.29) is 5.60 Å². The minimum absolute atomic E-state index is 0.367. The highest BCUT2D eigenvalue weighted by Crippen LogP contribution is 2.42. The molecule has 1 N–H and O–H groups in total. The van der Waals surface area contributed by atoms with Gasteiger partial charge in [-0.25, -0.2) is 4.79 Å². The van der Waals surface area contributed by atoms with Crippen LogP contribution >= 0.6 is 0 Å². The highest BCUT2D eigenvalue weighted by molar-refractivity contribution is 5.89. The number of carbonyl (C=O) groups is 1. The molecule has 3 heteroatoms. The van der Waals surface area contributed by atoms with Crippen LogP contribution in [0.3, 0.4) is 0 Å². The summed E-state index contributed by atoms with van der Waals surface area (Å²) in [6.45, 7) is 0. The average Bonchev–Trinajstić information content (AvgIpc) is 2.78. The van der Waals surface area contributed by atoms with Gasteiger partial charge in [-0.3, -0.25) is 0 Å². The van der Waals surface area contributed by atoms with Gasteiger partial charge < -0.3 is 9.84 Å². The Morgan fingerprint density at radius 3 is 2.50 bits per heavy atom. The summed E-state index contributed by atoms with van der Waals surface area (Å²) in [7, 11) is 1.67. The third kappa shape index (κ3) is 1.71. The van der Waals surface area contributed by atoms with Gasteiger partial charge in [0.2, 0.25) is 0 Å². The molecular formula is C13H16O3. The highest BCUT2D eigenvalue weighted by Gasteiger charge is 2.38. The zero-order valence-electron chi connectivity index (χ0n) is 9.40. The van der Waals surface area contributed by atoms with Crippen LogP contribution in [0.1, 0.15) is 41.6 Å². The lowest BCUT2D eigenvalue weighted by Crippen LogP contribution is -2.27. The highest BCUT2D eigenvalue weighted by atomic mass is 16.5. The fraction of sp³-hybridized carbons (Fsp3) is 0.462. The predicted molar refractivity (Wildman–Crippen MR) is 60.6 cm³/mol. The first-order valence-corrected chi connectivity index (χ1v) is 5.57. The molecule has 86 valence electrons. The molecule has 0 heterocycles. The summed E-state index contributed by atoms with van der Waals surface area (Å²) in [6, 6.07) is 7.15. The molecule has 0 unspecified atom stereocenters. The molecule has 0 spiro atoms. The normalized spacial score (nSPS) is 18.6. The second kappa shape index (κ2) is 4.26. The monoisotopic (exact) mass is 220 g/mol. The molecule has 3 nitrogen and oxygen atoms in total. The van der Waals surface area contributed by atoms with Gasteiger partial charge >= 0.3 is 5.97 Å². The minimum Gasteiger partial charge on any atom is -0.478 e. The van der Waals surface area contributed by atoms with E-state index >= 15 is 0 Å². The Labute approximate surface area is 95.0 Å². The summed E-state index contributed by atoms with van der Waals surface area (Å²) in [6.07, 6.45) is 4.02. The predicted octanol–water partition coefficient (Wildman–Crippen LogP) is 2.80. The van der Waals surface area contributed by atoms with Crippen LogP contribution in [0.4, 0.5) is 0 Å². The molecule has 1 aliphatic rings. The number of hydrogen-bond acceptors (Lipinski definition) is 2. The first-order chi connectivity index (χ1) is 7.69. The Hall–Kier alpha value is -1.35. The number of aromatic carboxylic acids is 1. The fourth-order valence-corrected chi connectivity index (χ4v) is 2.60. The summed E-state index contributed by atoms with van der Waals surface area (Å²) in [5.74, 6) is -0.876. The Morgan fingerprint density at radius 1 is 1.31 bits per heavy atom. The van der Waals surface area contributed by atoms with Crippen molar-refractivity contribution < 1.29 is 14.6 Å². The van der Waals surface area contributed by atoms with Crippen LogP contribution < -0.4 is 0 Å². The van der Waals surface area contributed by atoms with Gasteiger partial charge in [0.15, 0.2) is 0 Å². The Kier molecular flexibility index (Phi) is 2.97. The Bertz CT molecular complexity index is 392. The molecule has 1 aromatic rings. The van der Waals surface area contributed by atoms with Gasteiger partial charge in [0.05, 0.1) is 11.2 Å². The third-order valence-electron chi connectivity index (χ3n) is 3.45. The number of benzene rings is 1. The van der Waals surface area contributed by atoms with Gasteiger partial charge in [-0.1, -0.05) is 31.0 Å². The van der Waals surface area contributed by atoms with Gasteiger partial charge in [-0.15, -0.1) is 0 Å². The molecular weight excluding hydrogens is 204 g/mol.